The number of hydrogen-bond acceptors (Lipinski definition) is 2. The summed E-state index contributed by atoms with van der Waals surface area (Å²) in [6.45, 7) is 0.283. The average Bonchev–Trinajstić information content (AvgIpc) is 2.21. The van der Waals surface area contributed by atoms with Crippen molar-refractivity contribution in [2.45, 2.75) is 6.10 Å². The molecule has 0 saturated heterocycles. The Morgan fingerprint density at radius 1 is 1.53 bits per heavy atom. The van der Waals surface area contributed by atoms with Gasteiger partial charge < -0.3 is 10.4 Å². The minimum Gasteiger partial charge on any atom is -0.390 e. The van der Waals surface area contributed by atoms with E-state index in [4.69, 9.17) is 23.2 Å². The van der Waals surface area contributed by atoms with E-state index in [1.54, 1.807) is 6.07 Å². The molecule has 0 aliphatic heterocycles. The molecule has 1 rings (SSSR count). The number of benzene rings is 1. The highest BCUT2D eigenvalue weighted by atomic mass is 127. The van der Waals surface area contributed by atoms with Crippen molar-refractivity contribution in [1.29, 1.82) is 0 Å². The van der Waals surface area contributed by atoms with Crippen LogP contribution in [0.15, 0.2) is 12.1 Å². The van der Waals surface area contributed by atoms with Crippen molar-refractivity contribution in [2.75, 3.05) is 17.7 Å². The standard InChI is InChI=1S/C9H9Cl2FINO/c10-3-5(15)4-14-9-2-8(13)7(12)1-6(9)11/h1-2,5,14-15H,3-4H2. The summed E-state index contributed by atoms with van der Waals surface area (Å²) in [5.41, 5.74) is 0.589. The minimum atomic E-state index is -0.648. The van der Waals surface area contributed by atoms with Gasteiger partial charge in [-0.25, -0.2) is 4.39 Å². The zero-order valence-corrected chi connectivity index (χ0v) is 11.3. The molecule has 6 heteroatoms. The van der Waals surface area contributed by atoms with E-state index in [-0.39, 0.29) is 23.3 Å². The molecule has 2 nitrogen and oxygen atoms in total. The highest BCUT2D eigenvalue weighted by Gasteiger charge is 2.08. The number of aliphatic hydroxyl groups excluding tert-OH is 1. The van der Waals surface area contributed by atoms with Crippen LogP contribution in [0.1, 0.15) is 0 Å². The third-order valence-electron chi connectivity index (χ3n) is 1.72. The quantitative estimate of drug-likeness (QED) is 0.489. The number of nitrogens with one attached hydrogen (secondary N) is 1. The third-order valence-corrected chi connectivity index (χ3v) is 3.21. The molecular formula is C9H9Cl2FINO. The van der Waals surface area contributed by atoms with E-state index in [2.05, 4.69) is 5.32 Å². The van der Waals surface area contributed by atoms with Crippen LogP contribution in [0, 0.1) is 9.39 Å². The molecule has 0 amide bonds. The lowest BCUT2D eigenvalue weighted by molar-refractivity contribution is 0.211. The van der Waals surface area contributed by atoms with E-state index < -0.39 is 6.10 Å². The van der Waals surface area contributed by atoms with E-state index >= 15 is 0 Å². The molecule has 0 heterocycles. The molecule has 0 aliphatic rings. The normalized spacial score (nSPS) is 12.6. The Morgan fingerprint density at radius 3 is 2.80 bits per heavy atom. The summed E-state index contributed by atoms with van der Waals surface area (Å²) in [4.78, 5) is 0. The summed E-state index contributed by atoms with van der Waals surface area (Å²) in [6, 6.07) is 2.82. The lowest BCUT2D eigenvalue weighted by Crippen LogP contribution is -2.20. The summed E-state index contributed by atoms with van der Waals surface area (Å²) in [6.07, 6.45) is -0.648. The smallest absolute Gasteiger partial charge is 0.138 e. The van der Waals surface area contributed by atoms with Crippen molar-refractivity contribution < 1.29 is 9.50 Å². The number of aliphatic hydroxyl groups is 1. The van der Waals surface area contributed by atoms with Gasteiger partial charge in [-0.1, -0.05) is 11.6 Å². The Kier molecular flexibility index (Phi) is 5.38. The van der Waals surface area contributed by atoms with Crippen LogP contribution >= 0.6 is 45.8 Å². The first-order valence-corrected chi connectivity index (χ1v) is 6.16. The molecule has 1 aromatic rings. The Hall–Kier alpha value is 0.220. The Balaban J connectivity index is 2.73. The Labute approximate surface area is 111 Å². The molecule has 1 atom stereocenters. The minimum absolute atomic E-state index is 0.142. The zero-order chi connectivity index (χ0) is 11.4. The predicted octanol–water partition coefficient (Wildman–Crippen LogP) is 3.10. The molecule has 15 heavy (non-hydrogen) atoms. The second-order valence-corrected chi connectivity index (χ2v) is 4.81. The summed E-state index contributed by atoms with van der Waals surface area (Å²) in [5, 5.41) is 12.4. The van der Waals surface area contributed by atoms with E-state index in [0.29, 0.717) is 9.26 Å². The first-order chi connectivity index (χ1) is 7.04. The Morgan fingerprint density at radius 2 is 2.20 bits per heavy atom. The topological polar surface area (TPSA) is 32.3 Å². The van der Waals surface area contributed by atoms with Crippen molar-refractivity contribution in [3.05, 3.63) is 26.5 Å². The van der Waals surface area contributed by atoms with Crippen LogP contribution < -0.4 is 5.32 Å². The van der Waals surface area contributed by atoms with Gasteiger partial charge >= 0.3 is 0 Å². The fraction of sp³-hybridized carbons (Fsp3) is 0.333. The van der Waals surface area contributed by atoms with E-state index in [0.717, 1.165) is 0 Å². The highest BCUT2D eigenvalue weighted by molar-refractivity contribution is 14.1. The van der Waals surface area contributed by atoms with Gasteiger partial charge in [-0.3, -0.25) is 0 Å². The molecule has 0 bridgehead atoms. The van der Waals surface area contributed by atoms with Gasteiger partial charge in [-0.05, 0) is 34.7 Å². The lowest BCUT2D eigenvalue weighted by atomic mass is 10.3. The van der Waals surface area contributed by atoms with Crippen molar-refractivity contribution in [1.82, 2.24) is 0 Å². The highest BCUT2D eigenvalue weighted by Crippen LogP contribution is 2.26. The maximum absolute atomic E-state index is 13.0. The molecule has 0 saturated carbocycles. The van der Waals surface area contributed by atoms with Gasteiger partial charge in [0.05, 0.1) is 26.3 Å². The third kappa shape index (κ3) is 3.94. The summed E-state index contributed by atoms with van der Waals surface area (Å²) in [5.74, 6) is -0.216. The second-order valence-electron chi connectivity index (χ2n) is 2.94. The fourth-order valence-corrected chi connectivity index (χ4v) is 1.73. The van der Waals surface area contributed by atoms with Crippen LogP contribution in [0.5, 0.6) is 0 Å². The molecule has 0 aliphatic carbocycles. The summed E-state index contributed by atoms with van der Waals surface area (Å²) >= 11 is 13.1. The van der Waals surface area contributed by atoms with E-state index in [1.807, 2.05) is 22.6 Å². The van der Waals surface area contributed by atoms with Crippen molar-refractivity contribution in [3.63, 3.8) is 0 Å². The molecular weight excluding hydrogens is 355 g/mol. The monoisotopic (exact) mass is 363 g/mol. The molecule has 0 aromatic heterocycles. The second kappa shape index (κ2) is 6.08. The van der Waals surface area contributed by atoms with Gasteiger partial charge in [-0.2, -0.15) is 0 Å². The van der Waals surface area contributed by atoms with Crippen molar-refractivity contribution in [3.8, 4) is 0 Å². The van der Waals surface area contributed by atoms with Gasteiger partial charge in [0.2, 0.25) is 0 Å². The molecule has 84 valence electrons. The average molecular weight is 364 g/mol. The van der Waals surface area contributed by atoms with E-state index in [1.165, 1.54) is 6.07 Å². The van der Waals surface area contributed by atoms with Crippen LogP contribution in [-0.4, -0.2) is 23.6 Å². The SMILES string of the molecule is OC(CCl)CNc1cc(I)c(F)cc1Cl. The summed E-state index contributed by atoms with van der Waals surface area (Å²) in [7, 11) is 0. The largest absolute Gasteiger partial charge is 0.390 e. The van der Waals surface area contributed by atoms with Crippen LogP contribution in [0.25, 0.3) is 0 Å². The van der Waals surface area contributed by atoms with Crippen LogP contribution in [0.2, 0.25) is 5.02 Å². The molecule has 0 spiro atoms. The maximum atomic E-state index is 13.0. The maximum Gasteiger partial charge on any atom is 0.138 e. The van der Waals surface area contributed by atoms with Crippen molar-refractivity contribution in [2.24, 2.45) is 0 Å². The van der Waals surface area contributed by atoms with Gasteiger partial charge in [0.25, 0.3) is 0 Å². The first-order valence-electron chi connectivity index (χ1n) is 4.17. The van der Waals surface area contributed by atoms with Crippen LogP contribution in [0.3, 0.4) is 0 Å². The fourth-order valence-electron chi connectivity index (χ4n) is 0.940. The number of rotatable bonds is 4. The zero-order valence-electron chi connectivity index (χ0n) is 7.61. The van der Waals surface area contributed by atoms with Gasteiger partial charge in [0.1, 0.15) is 5.82 Å². The van der Waals surface area contributed by atoms with Crippen LogP contribution in [-0.2, 0) is 0 Å². The number of hydrogen-bond donors (Lipinski definition) is 2. The first kappa shape index (κ1) is 13.3. The molecule has 0 radical (unpaired) electrons. The van der Waals surface area contributed by atoms with Gasteiger partial charge in [0, 0.05) is 6.54 Å². The molecule has 1 unspecified atom stereocenters. The predicted molar refractivity (Wildman–Crippen MR) is 69.3 cm³/mol. The molecule has 1 aromatic carbocycles. The molecule has 2 N–H and O–H groups in total. The number of anilines is 1. The Bertz CT molecular complexity index is 351. The van der Waals surface area contributed by atoms with Crippen LogP contribution in [0.4, 0.5) is 10.1 Å². The summed E-state index contributed by atoms with van der Waals surface area (Å²) < 4.78 is 13.5. The van der Waals surface area contributed by atoms with Crippen molar-refractivity contribution >= 4 is 51.5 Å². The van der Waals surface area contributed by atoms with E-state index in [9.17, 15) is 9.50 Å². The van der Waals surface area contributed by atoms with Gasteiger partial charge in [-0.15, -0.1) is 11.6 Å². The lowest BCUT2D eigenvalue weighted by Gasteiger charge is -2.12. The number of halogens is 4. The van der Waals surface area contributed by atoms with Gasteiger partial charge in [0.15, 0.2) is 0 Å². The molecule has 0 fully saturated rings. The number of alkyl halides is 1.